The first kappa shape index (κ1) is 17.5. The third-order valence-corrected chi connectivity index (χ3v) is 4.00. The number of nitrogens with one attached hydrogen (secondary N) is 1. The molecule has 5 nitrogen and oxygen atoms in total. The van der Waals surface area contributed by atoms with Gasteiger partial charge in [-0.2, -0.15) is 0 Å². The van der Waals surface area contributed by atoms with Gasteiger partial charge in [-0.3, -0.25) is 4.79 Å². The second kappa shape index (κ2) is 8.14. The molecule has 128 valence electrons. The van der Waals surface area contributed by atoms with Gasteiger partial charge in [0.1, 0.15) is 0 Å². The van der Waals surface area contributed by atoms with E-state index in [4.69, 9.17) is 27.6 Å². The Labute approximate surface area is 155 Å². The number of halogens is 2. The van der Waals surface area contributed by atoms with E-state index in [2.05, 4.69) is 15.5 Å². The fourth-order valence-corrected chi connectivity index (χ4v) is 2.47. The third kappa shape index (κ3) is 5.05. The molecule has 2 aromatic carbocycles. The number of benzene rings is 2. The normalized spacial score (nSPS) is 10.6. The smallest absolute Gasteiger partial charge is 0.247 e. The van der Waals surface area contributed by atoms with Crippen molar-refractivity contribution >= 4 is 29.1 Å². The Morgan fingerprint density at radius 2 is 1.60 bits per heavy atom. The highest BCUT2D eigenvalue weighted by atomic mass is 35.5. The second-order valence-corrected chi connectivity index (χ2v) is 6.28. The van der Waals surface area contributed by atoms with Crippen molar-refractivity contribution in [2.24, 2.45) is 0 Å². The minimum absolute atomic E-state index is 0.0697. The van der Waals surface area contributed by atoms with Crippen LogP contribution in [-0.2, 0) is 17.6 Å². The lowest BCUT2D eigenvalue weighted by atomic mass is 10.1. The van der Waals surface area contributed by atoms with Crippen molar-refractivity contribution < 1.29 is 9.21 Å². The zero-order chi connectivity index (χ0) is 17.6. The van der Waals surface area contributed by atoms with Crippen molar-refractivity contribution in [1.82, 2.24) is 15.5 Å². The Morgan fingerprint density at radius 1 is 0.960 bits per heavy atom. The molecule has 3 aromatic rings. The maximum Gasteiger partial charge on any atom is 0.247 e. The van der Waals surface area contributed by atoms with E-state index in [1.165, 1.54) is 0 Å². The van der Waals surface area contributed by atoms with Crippen LogP contribution in [0.25, 0.3) is 11.5 Å². The van der Waals surface area contributed by atoms with Crippen molar-refractivity contribution in [3.63, 3.8) is 0 Å². The Kier molecular flexibility index (Phi) is 5.68. The van der Waals surface area contributed by atoms with Crippen LogP contribution in [0.5, 0.6) is 0 Å². The quantitative estimate of drug-likeness (QED) is 0.708. The van der Waals surface area contributed by atoms with Crippen molar-refractivity contribution in [2.75, 3.05) is 6.54 Å². The van der Waals surface area contributed by atoms with Gasteiger partial charge < -0.3 is 9.73 Å². The molecule has 0 bridgehead atoms. The molecule has 1 N–H and O–H groups in total. The summed E-state index contributed by atoms with van der Waals surface area (Å²) in [6, 6.07) is 14.3. The number of nitrogens with zero attached hydrogens (tertiary/aromatic N) is 2. The first-order valence-electron chi connectivity index (χ1n) is 7.69. The van der Waals surface area contributed by atoms with Gasteiger partial charge in [-0.25, -0.2) is 0 Å². The molecule has 0 aliphatic carbocycles. The maximum atomic E-state index is 11.9. The lowest BCUT2D eigenvalue weighted by Gasteiger charge is -2.04. The average molecular weight is 376 g/mol. The van der Waals surface area contributed by atoms with E-state index in [0.29, 0.717) is 41.2 Å². The molecule has 0 spiro atoms. The van der Waals surface area contributed by atoms with E-state index >= 15 is 0 Å². The largest absolute Gasteiger partial charge is 0.421 e. The first-order valence-corrected chi connectivity index (χ1v) is 8.45. The molecule has 0 radical (unpaired) electrons. The summed E-state index contributed by atoms with van der Waals surface area (Å²) in [6.45, 7) is 0.425. The molecule has 3 rings (SSSR count). The maximum absolute atomic E-state index is 11.9. The van der Waals surface area contributed by atoms with E-state index in [9.17, 15) is 4.79 Å². The van der Waals surface area contributed by atoms with Crippen LogP contribution in [-0.4, -0.2) is 22.6 Å². The predicted molar refractivity (Wildman–Crippen MR) is 96.6 cm³/mol. The molecule has 1 aromatic heterocycles. The van der Waals surface area contributed by atoms with E-state index in [-0.39, 0.29) is 5.91 Å². The van der Waals surface area contributed by atoms with E-state index in [1.807, 2.05) is 24.3 Å². The van der Waals surface area contributed by atoms with Crippen molar-refractivity contribution in [3.05, 3.63) is 70.0 Å². The molecule has 1 heterocycles. The highest BCUT2D eigenvalue weighted by Gasteiger charge is 2.09. The van der Waals surface area contributed by atoms with Gasteiger partial charge >= 0.3 is 0 Å². The van der Waals surface area contributed by atoms with Gasteiger partial charge in [0, 0.05) is 28.6 Å². The van der Waals surface area contributed by atoms with Gasteiger partial charge in [0.2, 0.25) is 17.7 Å². The summed E-state index contributed by atoms with van der Waals surface area (Å²) in [5, 5.41) is 12.1. The van der Waals surface area contributed by atoms with Crippen LogP contribution in [0.1, 0.15) is 11.5 Å². The molecule has 25 heavy (non-hydrogen) atoms. The third-order valence-electron chi connectivity index (χ3n) is 3.50. The molecular formula is C18H15Cl2N3O2. The van der Waals surface area contributed by atoms with Gasteiger partial charge in [0.05, 0.1) is 6.42 Å². The number of rotatable bonds is 6. The summed E-state index contributed by atoms with van der Waals surface area (Å²) in [4.78, 5) is 11.9. The monoisotopic (exact) mass is 375 g/mol. The first-order chi connectivity index (χ1) is 12.1. The fourth-order valence-electron chi connectivity index (χ4n) is 2.22. The minimum atomic E-state index is -0.0697. The van der Waals surface area contributed by atoms with Gasteiger partial charge in [-0.15, -0.1) is 10.2 Å². The van der Waals surface area contributed by atoms with Crippen LogP contribution < -0.4 is 5.32 Å². The summed E-state index contributed by atoms with van der Waals surface area (Å²) >= 11 is 11.7. The molecule has 0 aliphatic heterocycles. The van der Waals surface area contributed by atoms with Crippen molar-refractivity contribution in [2.45, 2.75) is 12.8 Å². The summed E-state index contributed by atoms with van der Waals surface area (Å²) < 4.78 is 5.59. The zero-order valence-electron chi connectivity index (χ0n) is 13.2. The number of carbonyl (C=O) groups is 1. The Hall–Kier alpha value is -2.37. The lowest BCUT2D eigenvalue weighted by molar-refractivity contribution is -0.120. The number of amides is 1. The molecular weight excluding hydrogens is 361 g/mol. The standard InChI is InChI=1S/C18H15Cl2N3O2/c19-14-5-1-12(2-6-14)11-16(24)21-10-9-17-22-23-18(25-17)13-3-7-15(20)8-4-13/h1-8H,9-11H2,(H,21,24). The van der Waals surface area contributed by atoms with Crippen molar-refractivity contribution in [3.8, 4) is 11.5 Å². The Balaban J connectivity index is 1.48. The summed E-state index contributed by atoms with van der Waals surface area (Å²) in [7, 11) is 0. The predicted octanol–water partition coefficient (Wildman–Crippen LogP) is 3.94. The van der Waals surface area contributed by atoms with E-state index in [0.717, 1.165) is 11.1 Å². The number of aromatic nitrogens is 2. The van der Waals surface area contributed by atoms with E-state index in [1.54, 1.807) is 24.3 Å². The Morgan fingerprint density at radius 3 is 2.28 bits per heavy atom. The molecule has 0 atom stereocenters. The fraction of sp³-hybridized carbons (Fsp3) is 0.167. The van der Waals surface area contributed by atoms with E-state index < -0.39 is 0 Å². The average Bonchev–Trinajstić information content (AvgIpc) is 3.06. The minimum Gasteiger partial charge on any atom is -0.421 e. The van der Waals surface area contributed by atoms with Gasteiger partial charge in [0.15, 0.2) is 0 Å². The zero-order valence-corrected chi connectivity index (χ0v) is 14.7. The van der Waals surface area contributed by atoms with Crippen LogP contribution in [0.4, 0.5) is 0 Å². The van der Waals surface area contributed by atoms with Crippen LogP contribution >= 0.6 is 23.2 Å². The molecule has 0 aliphatic rings. The molecule has 0 unspecified atom stereocenters. The lowest BCUT2D eigenvalue weighted by Crippen LogP contribution is -2.27. The van der Waals surface area contributed by atoms with Gasteiger partial charge in [-0.1, -0.05) is 35.3 Å². The number of hydrogen-bond acceptors (Lipinski definition) is 4. The summed E-state index contributed by atoms with van der Waals surface area (Å²) in [5.41, 5.74) is 1.71. The molecule has 0 saturated heterocycles. The summed E-state index contributed by atoms with van der Waals surface area (Å²) in [6.07, 6.45) is 0.768. The van der Waals surface area contributed by atoms with Crippen LogP contribution in [0.15, 0.2) is 52.9 Å². The Bertz CT molecular complexity index is 846. The van der Waals surface area contributed by atoms with Crippen LogP contribution in [0, 0.1) is 0 Å². The summed E-state index contributed by atoms with van der Waals surface area (Å²) in [5.74, 6) is 0.829. The van der Waals surface area contributed by atoms with Crippen LogP contribution in [0.3, 0.4) is 0 Å². The van der Waals surface area contributed by atoms with Gasteiger partial charge in [-0.05, 0) is 42.0 Å². The van der Waals surface area contributed by atoms with Gasteiger partial charge in [0.25, 0.3) is 0 Å². The number of carbonyl (C=O) groups excluding carboxylic acids is 1. The van der Waals surface area contributed by atoms with Crippen molar-refractivity contribution in [1.29, 1.82) is 0 Å². The molecule has 0 fully saturated rings. The topological polar surface area (TPSA) is 68.0 Å². The second-order valence-electron chi connectivity index (χ2n) is 5.41. The van der Waals surface area contributed by atoms with Crippen LogP contribution in [0.2, 0.25) is 10.0 Å². The number of hydrogen-bond donors (Lipinski definition) is 1. The SMILES string of the molecule is O=C(Cc1ccc(Cl)cc1)NCCc1nnc(-c2ccc(Cl)cc2)o1. The molecule has 7 heteroatoms. The highest BCUT2D eigenvalue weighted by molar-refractivity contribution is 6.30. The molecule has 1 amide bonds. The molecule has 0 saturated carbocycles. The highest BCUT2D eigenvalue weighted by Crippen LogP contribution is 2.20.